The Morgan fingerprint density at radius 3 is 2.77 bits per heavy atom. The van der Waals surface area contributed by atoms with E-state index in [0.29, 0.717) is 5.56 Å². The lowest BCUT2D eigenvalue weighted by atomic mass is 10.00. The van der Waals surface area contributed by atoms with Crippen LogP contribution in [0.5, 0.6) is 0 Å². The average Bonchev–Trinajstić information content (AvgIpc) is 2.98. The Balaban J connectivity index is 1.85. The lowest BCUT2D eigenvalue weighted by molar-refractivity contribution is -0.385. The van der Waals surface area contributed by atoms with Crippen LogP contribution in [0, 0.1) is 23.0 Å². The Kier molecular flexibility index (Phi) is 4.11. The summed E-state index contributed by atoms with van der Waals surface area (Å²) in [6.45, 7) is 6.13. The standard InChI is InChI=1S/C16H19N3O2S/c1-11-5-7-18(8-6-11)16-17-14(10-22-16)13-4-3-12(2)15(9-13)19(20)21/h3-4,9-11H,5-8H2,1-2H3. The van der Waals surface area contributed by atoms with Gasteiger partial charge in [0.1, 0.15) is 0 Å². The highest BCUT2D eigenvalue weighted by atomic mass is 32.1. The van der Waals surface area contributed by atoms with Crippen molar-refractivity contribution in [2.24, 2.45) is 5.92 Å². The first-order valence-electron chi connectivity index (χ1n) is 7.50. The van der Waals surface area contributed by atoms with Gasteiger partial charge >= 0.3 is 0 Å². The highest BCUT2D eigenvalue weighted by Gasteiger charge is 2.19. The molecule has 0 saturated carbocycles. The Morgan fingerprint density at radius 2 is 2.09 bits per heavy atom. The number of nitro groups is 1. The van der Waals surface area contributed by atoms with E-state index in [4.69, 9.17) is 0 Å². The zero-order valence-corrected chi connectivity index (χ0v) is 13.6. The highest BCUT2D eigenvalue weighted by molar-refractivity contribution is 7.14. The predicted molar refractivity (Wildman–Crippen MR) is 89.6 cm³/mol. The quantitative estimate of drug-likeness (QED) is 0.627. The van der Waals surface area contributed by atoms with Gasteiger partial charge in [0.25, 0.3) is 5.69 Å². The van der Waals surface area contributed by atoms with E-state index in [-0.39, 0.29) is 10.6 Å². The molecular weight excluding hydrogens is 298 g/mol. The molecule has 2 aromatic rings. The van der Waals surface area contributed by atoms with Gasteiger partial charge in [-0.05, 0) is 25.7 Å². The molecule has 0 radical (unpaired) electrons. The first-order valence-corrected chi connectivity index (χ1v) is 8.38. The summed E-state index contributed by atoms with van der Waals surface area (Å²) in [5, 5.41) is 14.1. The molecule has 0 atom stereocenters. The lowest BCUT2D eigenvalue weighted by Crippen LogP contribution is -2.32. The second kappa shape index (κ2) is 6.04. The van der Waals surface area contributed by atoms with E-state index in [1.54, 1.807) is 30.4 Å². The van der Waals surface area contributed by atoms with Crippen LogP contribution in [0.15, 0.2) is 23.6 Å². The minimum Gasteiger partial charge on any atom is -0.348 e. The number of piperidine rings is 1. The number of hydrogen-bond donors (Lipinski definition) is 0. The van der Waals surface area contributed by atoms with Crippen LogP contribution in [0.2, 0.25) is 0 Å². The summed E-state index contributed by atoms with van der Waals surface area (Å²) >= 11 is 1.62. The Bertz CT molecular complexity index is 690. The molecule has 2 heterocycles. The van der Waals surface area contributed by atoms with Gasteiger partial charge in [-0.2, -0.15) is 0 Å². The minimum absolute atomic E-state index is 0.152. The maximum absolute atomic E-state index is 11.1. The zero-order chi connectivity index (χ0) is 15.7. The molecule has 1 aromatic heterocycles. The van der Waals surface area contributed by atoms with Gasteiger partial charge in [-0.15, -0.1) is 11.3 Å². The average molecular weight is 317 g/mol. The Hall–Kier alpha value is -1.95. The van der Waals surface area contributed by atoms with E-state index in [9.17, 15) is 10.1 Å². The van der Waals surface area contributed by atoms with Gasteiger partial charge in [-0.1, -0.05) is 19.1 Å². The molecular formula is C16H19N3O2S. The maximum atomic E-state index is 11.1. The second-order valence-corrected chi connectivity index (χ2v) is 6.78. The van der Waals surface area contributed by atoms with Crippen molar-refractivity contribution in [1.29, 1.82) is 0 Å². The topological polar surface area (TPSA) is 59.3 Å². The van der Waals surface area contributed by atoms with Gasteiger partial charge in [0.2, 0.25) is 0 Å². The second-order valence-electron chi connectivity index (χ2n) is 5.94. The number of aromatic nitrogens is 1. The van der Waals surface area contributed by atoms with Crippen molar-refractivity contribution >= 4 is 22.2 Å². The molecule has 6 heteroatoms. The summed E-state index contributed by atoms with van der Waals surface area (Å²) in [4.78, 5) is 17.7. The molecule has 5 nitrogen and oxygen atoms in total. The number of thiazole rings is 1. The molecule has 0 unspecified atom stereocenters. The normalized spacial score (nSPS) is 16.0. The van der Waals surface area contributed by atoms with Crippen molar-refractivity contribution in [2.75, 3.05) is 18.0 Å². The van der Waals surface area contributed by atoms with Crippen molar-refractivity contribution in [3.63, 3.8) is 0 Å². The summed E-state index contributed by atoms with van der Waals surface area (Å²) in [6.07, 6.45) is 2.40. The number of aryl methyl sites for hydroxylation is 1. The summed E-state index contributed by atoms with van der Waals surface area (Å²) in [5.74, 6) is 0.787. The van der Waals surface area contributed by atoms with E-state index in [1.165, 1.54) is 12.8 Å². The van der Waals surface area contributed by atoms with Crippen LogP contribution in [0.25, 0.3) is 11.3 Å². The van der Waals surface area contributed by atoms with Crippen LogP contribution >= 0.6 is 11.3 Å². The SMILES string of the molecule is Cc1ccc(-c2csc(N3CCC(C)CC3)n2)cc1[N+](=O)[O-]. The van der Waals surface area contributed by atoms with Crippen LogP contribution in [0.4, 0.5) is 10.8 Å². The molecule has 3 rings (SSSR count). The largest absolute Gasteiger partial charge is 0.348 e. The van der Waals surface area contributed by atoms with Gasteiger partial charge in [0.15, 0.2) is 5.13 Å². The van der Waals surface area contributed by atoms with E-state index in [1.807, 2.05) is 11.4 Å². The van der Waals surface area contributed by atoms with Gasteiger partial charge in [-0.25, -0.2) is 4.98 Å². The van der Waals surface area contributed by atoms with E-state index >= 15 is 0 Å². The molecule has 116 valence electrons. The third kappa shape index (κ3) is 2.97. The molecule has 0 amide bonds. The molecule has 1 fully saturated rings. The minimum atomic E-state index is -0.335. The van der Waals surface area contributed by atoms with E-state index in [0.717, 1.165) is 35.4 Å². The van der Waals surface area contributed by atoms with Crippen molar-refractivity contribution in [1.82, 2.24) is 4.98 Å². The smallest absolute Gasteiger partial charge is 0.272 e. The first-order chi connectivity index (χ1) is 10.5. The zero-order valence-electron chi connectivity index (χ0n) is 12.8. The van der Waals surface area contributed by atoms with E-state index < -0.39 is 0 Å². The fraction of sp³-hybridized carbons (Fsp3) is 0.438. The third-order valence-corrected chi connectivity index (χ3v) is 5.15. The molecule has 22 heavy (non-hydrogen) atoms. The molecule has 1 aliphatic rings. The van der Waals surface area contributed by atoms with Crippen LogP contribution in [0.3, 0.4) is 0 Å². The van der Waals surface area contributed by atoms with Crippen LogP contribution in [0.1, 0.15) is 25.3 Å². The van der Waals surface area contributed by atoms with Crippen molar-refractivity contribution in [3.8, 4) is 11.3 Å². The predicted octanol–water partition coefficient (Wildman–Crippen LogP) is 4.26. The lowest BCUT2D eigenvalue weighted by Gasteiger charge is -2.29. The number of benzene rings is 1. The van der Waals surface area contributed by atoms with Crippen LogP contribution < -0.4 is 4.90 Å². The van der Waals surface area contributed by atoms with Gasteiger partial charge in [0.05, 0.1) is 10.6 Å². The summed E-state index contributed by atoms with van der Waals surface area (Å²) < 4.78 is 0. The van der Waals surface area contributed by atoms with Gasteiger partial charge < -0.3 is 4.90 Å². The monoisotopic (exact) mass is 317 g/mol. The number of nitrogens with zero attached hydrogens (tertiary/aromatic N) is 3. The van der Waals surface area contributed by atoms with Crippen LogP contribution in [-0.2, 0) is 0 Å². The third-order valence-electron chi connectivity index (χ3n) is 4.25. The fourth-order valence-corrected chi connectivity index (χ4v) is 3.60. The summed E-state index contributed by atoms with van der Waals surface area (Å²) in [5.41, 5.74) is 2.46. The van der Waals surface area contributed by atoms with Crippen molar-refractivity contribution in [2.45, 2.75) is 26.7 Å². The van der Waals surface area contributed by atoms with Crippen molar-refractivity contribution < 1.29 is 4.92 Å². The van der Waals surface area contributed by atoms with E-state index in [2.05, 4.69) is 16.8 Å². The highest BCUT2D eigenvalue weighted by Crippen LogP contribution is 2.32. The summed E-state index contributed by atoms with van der Waals surface area (Å²) in [7, 11) is 0. The molecule has 0 aliphatic carbocycles. The van der Waals surface area contributed by atoms with Gasteiger partial charge in [-0.3, -0.25) is 10.1 Å². The maximum Gasteiger partial charge on any atom is 0.272 e. The number of rotatable bonds is 3. The molecule has 0 N–H and O–H groups in total. The molecule has 1 aliphatic heterocycles. The van der Waals surface area contributed by atoms with Crippen LogP contribution in [-0.4, -0.2) is 23.0 Å². The number of hydrogen-bond acceptors (Lipinski definition) is 5. The number of nitro benzene ring substituents is 1. The Morgan fingerprint density at radius 1 is 1.36 bits per heavy atom. The summed E-state index contributed by atoms with van der Waals surface area (Å²) in [6, 6.07) is 5.31. The van der Waals surface area contributed by atoms with Crippen molar-refractivity contribution in [3.05, 3.63) is 39.3 Å². The molecule has 0 bridgehead atoms. The molecule has 1 saturated heterocycles. The first kappa shape index (κ1) is 15.0. The fourth-order valence-electron chi connectivity index (χ4n) is 2.71. The molecule has 0 spiro atoms. The molecule has 1 aromatic carbocycles. The van der Waals surface area contributed by atoms with Gasteiger partial charge in [0, 0.05) is 35.7 Å². The number of anilines is 1. The Labute approximate surface area is 133 Å².